The van der Waals surface area contributed by atoms with Crippen LogP contribution >= 0.6 is 11.6 Å². The van der Waals surface area contributed by atoms with Crippen molar-refractivity contribution in [1.82, 2.24) is 0 Å². The summed E-state index contributed by atoms with van der Waals surface area (Å²) in [5, 5.41) is 2.88. The molecule has 1 amide bonds. The Hall–Kier alpha value is -2.45. The van der Waals surface area contributed by atoms with Gasteiger partial charge in [-0.25, -0.2) is 8.42 Å². The molecule has 0 spiro atoms. The molecule has 2 aromatic rings. The van der Waals surface area contributed by atoms with Crippen LogP contribution < -0.4 is 19.1 Å². The number of amides is 1. The molecular weight excluding hydrogens is 380 g/mol. The number of anilines is 2. The van der Waals surface area contributed by atoms with E-state index in [1.54, 1.807) is 18.2 Å². The molecule has 3 rings (SSSR count). The van der Waals surface area contributed by atoms with Gasteiger partial charge >= 0.3 is 0 Å². The van der Waals surface area contributed by atoms with Gasteiger partial charge < -0.3 is 14.8 Å². The first-order chi connectivity index (χ1) is 12.3. The Balaban J connectivity index is 1.80. The van der Waals surface area contributed by atoms with Crippen LogP contribution in [0.15, 0.2) is 36.4 Å². The van der Waals surface area contributed by atoms with Crippen LogP contribution in [0.3, 0.4) is 0 Å². The standard InChI is InChI=1S/C17H17ClN2O5S/c1-20(26(2,22)23)12-4-5-13(14(18)10-12)17(21)19-11-3-6-15-16(9-11)25-8-7-24-15/h3-6,9-10H,7-8H2,1-2H3,(H,19,21). The fraction of sp³-hybridized carbons (Fsp3) is 0.235. The lowest BCUT2D eigenvalue weighted by atomic mass is 10.2. The summed E-state index contributed by atoms with van der Waals surface area (Å²) in [6, 6.07) is 9.52. The summed E-state index contributed by atoms with van der Waals surface area (Å²) in [7, 11) is -2.00. The second kappa shape index (κ2) is 7.05. The molecule has 1 aliphatic rings. The van der Waals surface area contributed by atoms with Gasteiger partial charge in [-0.1, -0.05) is 11.6 Å². The third-order valence-corrected chi connectivity index (χ3v) is 5.38. The number of ether oxygens (including phenoxy) is 2. The lowest BCUT2D eigenvalue weighted by Gasteiger charge is -2.19. The molecule has 0 fully saturated rings. The Morgan fingerprint density at radius 1 is 1.12 bits per heavy atom. The summed E-state index contributed by atoms with van der Waals surface area (Å²) in [5.41, 5.74) is 1.13. The van der Waals surface area contributed by atoms with Crippen molar-refractivity contribution in [1.29, 1.82) is 0 Å². The maximum atomic E-state index is 12.5. The van der Waals surface area contributed by atoms with Crippen LogP contribution in [-0.4, -0.2) is 40.8 Å². The zero-order valence-electron chi connectivity index (χ0n) is 14.2. The van der Waals surface area contributed by atoms with E-state index in [1.165, 1.54) is 25.2 Å². The van der Waals surface area contributed by atoms with E-state index in [0.29, 0.717) is 36.1 Å². The van der Waals surface area contributed by atoms with Gasteiger partial charge in [0.05, 0.1) is 22.5 Å². The molecule has 2 aromatic carbocycles. The van der Waals surface area contributed by atoms with Crippen molar-refractivity contribution in [3.8, 4) is 11.5 Å². The fourth-order valence-electron chi connectivity index (χ4n) is 2.40. The molecule has 0 aromatic heterocycles. The quantitative estimate of drug-likeness (QED) is 0.858. The summed E-state index contributed by atoms with van der Waals surface area (Å²) in [4.78, 5) is 12.5. The lowest BCUT2D eigenvalue weighted by molar-refractivity contribution is 0.102. The van der Waals surface area contributed by atoms with Gasteiger partial charge in [-0.15, -0.1) is 0 Å². The van der Waals surface area contributed by atoms with Crippen molar-refractivity contribution in [3.63, 3.8) is 0 Å². The highest BCUT2D eigenvalue weighted by atomic mass is 35.5. The monoisotopic (exact) mass is 396 g/mol. The average Bonchev–Trinajstić information content (AvgIpc) is 2.60. The summed E-state index contributed by atoms with van der Waals surface area (Å²) >= 11 is 6.17. The molecule has 1 N–H and O–H groups in total. The highest BCUT2D eigenvalue weighted by Gasteiger charge is 2.17. The van der Waals surface area contributed by atoms with Crippen LogP contribution in [0.5, 0.6) is 11.5 Å². The summed E-state index contributed by atoms with van der Waals surface area (Å²) in [6.45, 7) is 0.939. The molecule has 0 bridgehead atoms. The molecule has 0 aliphatic carbocycles. The van der Waals surface area contributed by atoms with Crippen LogP contribution in [0.2, 0.25) is 5.02 Å². The van der Waals surface area contributed by atoms with E-state index >= 15 is 0 Å². The zero-order chi connectivity index (χ0) is 18.9. The van der Waals surface area contributed by atoms with Gasteiger partial charge in [0.1, 0.15) is 13.2 Å². The molecule has 0 unspecified atom stereocenters. The summed E-state index contributed by atoms with van der Waals surface area (Å²) in [6.07, 6.45) is 1.09. The number of hydrogen-bond donors (Lipinski definition) is 1. The Labute approximate surface area is 156 Å². The first kappa shape index (κ1) is 18.3. The third-order valence-electron chi connectivity index (χ3n) is 3.86. The van der Waals surface area contributed by atoms with Crippen molar-refractivity contribution in [2.45, 2.75) is 0 Å². The van der Waals surface area contributed by atoms with E-state index in [2.05, 4.69) is 5.32 Å². The third kappa shape index (κ3) is 3.86. The summed E-state index contributed by atoms with van der Waals surface area (Å²) in [5.74, 6) is 0.769. The number of rotatable bonds is 4. The minimum Gasteiger partial charge on any atom is -0.486 e. The highest BCUT2D eigenvalue weighted by Crippen LogP contribution is 2.33. The molecule has 9 heteroatoms. The van der Waals surface area contributed by atoms with Crippen LogP contribution in [-0.2, 0) is 10.0 Å². The van der Waals surface area contributed by atoms with Gasteiger partial charge in [-0.05, 0) is 30.3 Å². The van der Waals surface area contributed by atoms with Crippen molar-refractivity contribution < 1.29 is 22.7 Å². The predicted molar refractivity (Wildman–Crippen MR) is 100 cm³/mol. The maximum absolute atomic E-state index is 12.5. The molecule has 26 heavy (non-hydrogen) atoms. The number of halogens is 1. The second-order valence-electron chi connectivity index (χ2n) is 5.71. The van der Waals surface area contributed by atoms with E-state index in [-0.39, 0.29) is 10.6 Å². The Bertz CT molecular complexity index is 962. The number of nitrogens with zero attached hydrogens (tertiary/aromatic N) is 1. The van der Waals surface area contributed by atoms with Crippen molar-refractivity contribution in [2.75, 3.05) is 36.1 Å². The number of fused-ring (bicyclic) bond motifs is 1. The van der Waals surface area contributed by atoms with E-state index < -0.39 is 15.9 Å². The van der Waals surface area contributed by atoms with Crippen molar-refractivity contribution >= 4 is 38.9 Å². The average molecular weight is 397 g/mol. The lowest BCUT2D eigenvalue weighted by Crippen LogP contribution is -2.25. The van der Waals surface area contributed by atoms with Crippen molar-refractivity contribution in [2.24, 2.45) is 0 Å². The molecule has 7 nitrogen and oxygen atoms in total. The van der Waals surface area contributed by atoms with Gasteiger partial charge in [0.2, 0.25) is 10.0 Å². The van der Waals surface area contributed by atoms with Crippen LogP contribution in [0.25, 0.3) is 0 Å². The molecule has 1 aliphatic heterocycles. The number of carbonyl (C=O) groups excluding carboxylic acids is 1. The van der Waals surface area contributed by atoms with Crippen LogP contribution in [0.4, 0.5) is 11.4 Å². The van der Waals surface area contributed by atoms with Gasteiger partial charge in [0.25, 0.3) is 5.91 Å². The highest BCUT2D eigenvalue weighted by molar-refractivity contribution is 7.92. The number of sulfonamides is 1. The Morgan fingerprint density at radius 3 is 2.46 bits per heavy atom. The number of nitrogens with one attached hydrogen (secondary N) is 1. The molecule has 0 atom stereocenters. The molecule has 0 saturated carbocycles. The predicted octanol–water partition coefficient (Wildman–Crippen LogP) is 2.76. The van der Waals surface area contributed by atoms with Crippen LogP contribution in [0.1, 0.15) is 10.4 Å². The van der Waals surface area contributed by atoms with Gasteiger partial charge in [-0.3, -0.25) is 9.10 Å². The van der Waals surface area contributed by atoms with Crippen LogP contribution in [0, 0.1) is 0 Å². The molecule has 0 radical (unpaired) electrons. The first-order valence-electron chi connectivity index (χ1n) is 7.70. The molecule has 138 valence electrons. The van der Waals surface area contributed by atoms with E-state index in [4.69, 9.17) is 21.1 Å². The van der Waals surface area contributed by atoms with Gasteiger partial charge in [-0.2, -0.15) is 0 Å². The molecule has 1 heterocycles. The second-order valence-corrected chi connectivity index (χ2v) is 8.13. The molecular formula is C17H17ClN2O5S. The number of benzene rings is 2. The normalized spacial score (nSPS) is 13.2. The fourth-order valence-corrected chi connectivity index (χ4v) is 3.15. The van der Waals surface area contributed by atoms with Crippen molar-refractivity contribution in [3.05, 3.63) is 47.0 Å². The minimum atomic E-state index is -3.41. The molecule has 0 saturated heterocycles. The topological polar surface area (TPSA) is 84.9 Å². The van der Waals surface area contributed by atoms with Gasteiger partial charge in [0.15, 0.2) is 11.5 Å². The van der Waals surface area contributed by atoms with E-state index in [1.807, 2.05) is 0 Å². The SMILES string of the molecule is CN(c1ccc(C(=O)Nc2ccc3c(c2)OCCO3)c(Cl)c1)S(C)(=O)=O. The number of hydrogen-bond acceptors (Lipinski definition) is 5. The summed E-state index contributed by atoms with van der Waals surface area (Å²) < 4.78 is 35.2. The smallest absolute Gasteiger partial charge is 0.257 e. The largest absolute Gasteiger partial charge is 0.486 e. The maximum Gasteiger partial charge on any atom is 0.257 e. The first-order valence-corrected chi connectivity index (χ1v) is 9.93. The van der Waals surface area contributed by atoms with Gasteiger partial charge in [0, 0.05) is 18.8 Å². The van der Waals surface area contributed by atoms with E-state index in [0.717, 1.165) is 10.6 Å². The number of carbonyl (C=O) groups is 1. The Kier molecular flexibility index (Phi) is 4.97. The van der Waals surface area contributed by atoms with E-state index in [9.17, 15) is 13.2 Å². The zero-order valence-corrected chi connectivity index (χ0v) is 15.7. The Morgan fingerprint density at radius 2 is 1.81 bits per heavy atom. The minimum absolute atomic E-state index is 0.146.